The minimum absolute atomic E-state index is 0. The van der Waals surface area contributed by atoms with Gasteiger partial charge in [-0.15, -0.1) is 45.1 Å². The number of para-hydroxylation sites is 3. The first-order chi connectivity index (χ1) is 23.4. The van der Waals surface area contributed by atoms with Gasteiger partial charge in [0.05, 0.1) is 18.0 Å². The van der Waals surface area contributed by atoms with Crippen molar-refractivity contribution in [1.29, 1.82) is 0 Å². The van der Waals surface area contributed by atoms with E-state index >= 15 is 0 Å². The van der Waals surface area contributed by atoms with Gasteiger partial charge in [0.1, 0.15) is 5.82 Å². The quantitative estimate of drug-likeness (QED) is 0.149. The predicted molar refractivity (Wildman–Crippen MR) is 202 cm³/mol. The Kier molecular flexibility index (Phi) is 9.17. The third-order valence-electron chi connectivity index (χ3n) is 9.39. The van der Waals surface area contributed by atoms with Gasteiger partial charge in [-0.2, -0.15) is 24.3 Å². The summed E-state index contributed by atoms with van der Waals surface area (Å²) in [7, 11) is 2.14. The van der Waals surface area contributed by atoms with Gasteiger partial charge in [0.2, 0.25) is 0 Å². The summed E-state index contributed by atoms with van der Waals surface area (Å²) in [6.07, 6.45) is 1.96. The first-order valence-corrected chi connectivity index (χ1v) is 17.5. The summed E-state index contributed by atoms with van der Waals surface area (Å²) in [5.74, 6) is 1.72. The molecule has 0 saturated heterocycles. The molecule has 0 fully saturated rings. The molecule has 8 rings (SSSR count). The number of anilines is 3. The normalized spacial score (nSPS) is 12.7. The fraction of sp³-hybridized carbons (Fsp3) is 0.186. The summed E-state index contributed by atoms with van der Waals surface area (Å²) in [6.45, 7) is 9.92. The van der Waals surface area contributed by atoms with E-state index in [0.29, 0.717) is 11.8 Å². The number of rotatable bonds is 7. The Morgan fingerprint density at radius 1 is 0.694 bits per heavy atom. The molecule has 0 unspecified atom stereocenters. The van der Waals surface area contributed by atoms with E-state index in [2.05, 4.69) is 170 Å². The maximum atomic E-state index is 4.97. The maximum absolute atomic E-state index is 4.97. The standard InChI is InChI=1S/C43H38N4S.Pt/c1-28(2)34-15-11-16-35(29(3)4)43(34)30-22-23-44-42(24-30)47-38-17-7-6-14-36(38)37-21-20-33(26-41(37)47)48-32-13-10-12-31(25-32)46-27-45(5)39-18-8-9-19-40(39)46;/h6-24,28-29H,27H2,1-5H3;/q-2;+2. The van der Waals surface area contributed by atoms with Crippen molar-refractivity contribution >= 4 is 50.6 Å². The van der Waals surface area contributed by atoms with Crippen LogP contribution in [0.15, 0.2) is 125 Å². The Morgan fingerprint density at radius 3 is 2.16 bits per heavy atom. The SMILES string of the molecule is CC(C)c1cccc(C(C)C)c1-c1ccnc(-n2c3[c-]c(Sc4[c-]c(N5CN(C)c6ccccc65)ccc4)ccc3c3ccccc32)c1.[Pt+2]. The number of hydrogen-bond acceptors (Lipinski definition) is 4. The molecule has 0 radical (unpaired) electrons. The molecule has 3 heterocycles. The van der Waals surface area contributed by atoms with E-state index in [1.165, 1.54) is 44.4 Å². The third kappa shape index (κ3) is 5.98. The van der Waals surface area contributed by atoms with Gasteiger partial charge in [-0.05, 0) is 69.8 Å². The number of hydrogen-bond donors (Lipinski definition) is 0. The van der Waals surface area contributed by atoms with Crippen molar-refractivity contribution < 1.29 is 21.1 Å². The van der Waals surface area contributed by atoms with Gasteiger partial charge in [-0.1, -0.05) is 87.4 Å². The van der Waals surface area contributed by atoms with E-state index in [4.69, 9.17) is 4.98 Å². The van der Waals surface area contributed by atoms with E-state index < -0.39 is 0 Å². The molecule has 0 spiro atoms. The largest absolute Gasteiger partial charge is 2.00 e. The summed E-state index contributed by atoms with van der Waals surface area (Å²) in [6, 6.07) is 46.7. The Bertz CT molecular complexity index is 2280. The van der Waals surface area contributed by atoms with Crippen LogP contribution in [0.1, 0.15) is 50.7 Å². The van der Waals surface area contributed by atoms with Crippen molar-refractivity contribution in [2.75, 3.05) is 23.5 Å². The first kappa shape index (κ1) is 33.2. The average molecular weight is 838 g/mol. The Morgan fingerprint density at radius 2 is 1.39 bits per heavy atom. The molecule has 0 atom stereocenters. The first-order valence-electron chi connectivity index (χ1n) is 16.7. The molecule has 0 saturated carbocycles. The second-order valence-corrected chi connectivity index (χ2v) is 14.3. The van der Waals surface area contributed by atoms with Crippen LogP contribution in [0.5, 0.6) is 0 Å². The van der Waals surface area contributed by atoms with Crippen LogP contribution in [0.25, 0.3) is 38.8 Å². The number of aromatic nitrogens is 2. The topological polar surface area (TPSA) is 24.3 Å². The molecule has 0 amide bonds. The van der Waals surface area contributed by atoms with Gasteiger partial charge in [0.15, 0.2) is 0 Å². The van der Waals surface area contributed by atoms with E-state index in [-0.39, 0.29) is 21.1 Å². The Labute approximate surface area is 308 Å². The van der Waals surface area contributed by atoms with Crippen LogP contribution < -0.4 is 9.80 Å². The third-order valence-corrected chi connectivity index (χ3v) is 10.3. The molecule has 1 aliphatic heterocycles. The molecule has 5 aromatic carbocycles. The smallest absolute Gasteiger partial charge is 0.355 e. The van der Waals surface area contributed by atoms with E-state index in [1.807, 2.05) is 6.20 Å². The zero-order valence-electron chi connectivity index (χ0n) is 28.3. The van der Waals surface area contributed by atoms with Gasteiger partial charge in [-0.25, -0.2) is 4.98 Å². The molecular weight excluding hydrogens is 800 g/mol. The van der Waals surface area contributed by atoms with Crippen LogP contribution in [-0.2, 0) is 21.1 Å². The number of nitrogens with zero attached hydrogens (tertiary/aromatic N) is 4. The van der Waals surface area contributed by atoms with Gasteiger partial charge in [-0.3, -0.25) is 0 Å². The van der Waals surface area contributed by atoms with Crippen LogP contribution in [0.2, 0.25) is 0 Å². The molecule has 0 bridgehead atoms. The van der Waals surface area contributed by atoms with E-state index in [0.717, 1.165) is 39.0 Å². The predicted octanol–water partition coefficient (Wildman–Crippen LogP) is 11.4. The van der Waals surface area contributed by atoms with Gasteiger partial charge in [0, 0.05) is 18.8 Å². The van der Waals surface area contributed by atoms with Crippen molar-refractivity contribution in [3.05, 3.63) is 139 Å². The Hall–Kier alpha value is -4.31. The number of pyridine rings is 1. The minimum atomic E-state index is 0. The summed E-state index contributed by atoms with van der Waals surface area (Å²) in [5, 5.41) is 2.37. The fourth-order valence-electron chi connectivity index (χ4n) is 7.11. The molecule has 246 valence electrons. The van der Waals surface area contributed by atoms with Crippen molar-refractivity contribution in [3.8, 4) is 16.9 Å². The zero-order chi connectivity index (χ0) is 32.9. The van der Waals surface area contributed by atoms with Gasteiger partial charge >= 0.3 is 21.1 Å². The van der Waals surface area contributed by atoms with Gasteiger partial charge in [0.25, 0.3) is 0 Å². The van der Waals surface area contributed by atoms with Crippen LogP contribution in [0, 0.1) is 12.1 Å². The van der Waals surface area contributed by atoms with Crippen molar-refractivity contribution in [2.45, 2.75) is 49.3 Å². The maximum Gasteiger partial charge on any atom is 2.00 e. The van der Waals surface area contributed by atoms with Crippen molar-refractivity contribution in [3.63, 3.8) is 0 Å². The van der Waals surface area contributed by atoms with Crippen LogP contribution in [-0.4, -0.2) is 23.3 Å². The molecule has 0 N–H and O–H groups in total. The van der Waals surface area contributed by atoms with E-state index in [1.54, 1.807) is 11.8 Å². The summed E-state index contributed by atoms with van der Waals surface area (Å²) in [5.41, 5.74) is 10.9. The van der Waals surface area contributed by atoms with Crippen molar-refractivity contribution in [2.24, 2.45) is 0 Å². The van der Waals surface area contributed by atoms with Crippen LogP contribution in [0.4, 0.5) is 17.1 Å². The summed E-state index contributed by atoms with van der Waals surface area (Å²) >= 11 is 1.70. The Balaban J connectivity index is 0.00000378. The molecular formula is C43H38N4PtS. The zero-order valence-corrected chi connectivity index (χ0v) is 31.4. The monoisotopic (exact) mass is 837 g/mol. The molecule has 1 aliphatic rings. The minimum Gasteiger partial charge on any atom is -0.355 e. The molecule has 2 aromatic heterocycles. The fourth-order valence-corrected chi connectivity index (χ4v) is 7.93. The van der Waals surface area contributed by atoms with Gasteiger partial charge < -0.3 is 14.4 Å². The number of benzene rings is 5. The van der Waals surface area contributed by atoms with Crippen molar-refractivity contribution in [1.82, 2.24) is 9.55 Å². The summed E-state index contributed by atoms with van der Waals surface area (Å²) in [4.78, 5) is 11.7. The van der Waals surface area contributed by atoms with Crippen LogP contribution in [0.3, 0.4) is 0 Å². The number of fused-ring (bicyclic) bond motifs is 4. The molecule has 4 nitrogen and oxygen atoms in total. The molecule has 7 aromatic rings. The second-order valence-electron chi connectivity index (χ2n) is 13.2. The van der Waals surface area contributed by atoms with Crippen LogP contribution >= 0.6 is 11.8 Å². The van der Waals surface area contributed by atoms with E-state index in [9.17, 15) is 0 Å². The summed E-state index contributed by atoms with van der Waals surface area (Å²) < 4.78 is 2.28. The molecule has 0 aliphatic carbocycles. The second kappa shape index (κ2) is 13.5. The average Bonchev–Trinajstić information content (AvgIpc) is 3.62. The molecule has 49 heavy (non-hydrogen) atoms. The molecule has 6 heteroatoms.